The van der Waals surface area contributed by atoms with Gasteiger partial charge in [0.25, 0.3) is 0 Å². The number of rotatable bonds is 0. The maximum absolute atomic E-state index is 3.22. The van der Waals surface area contributed by atoms with E-state index in [2.05, 4.69) is 4.93 Å². The molecule has 0 rings (SSSR count). The van der Waals surface area contributed by atoms with Gasteiger partial charge in [0, 0.05) is 20.0 Å². The van der Waals surface area contributed by atoms with Gasteiger partial charge in [-0.2, -0.15) is 0 Å². The molecule has 0 saturated heterocycles. The minimum atomic E-state index is 0. The van der Waals surface area contributed by atoms with Crippen LogP contribution in [0.3, 0.4) is 0 Å². The van der Waals surface area contributed by atoms with E-state index in [1.807, 2.05) is 22.6 Å². The van der Waals surface area contributed by atoms with E-state index >= 15 is 0 Å². The van der Waals surface area contributed by atoms with Crippen LogP contribution in [-0.4, -0.2) is 0 Å². The van der Waals surface area contributed by atoms with Gasteiger partial charge in [0.15, 0.2) is 0 Å². The van der Waals surface area contributed by atoms with Crippen molar-refractivity contribution in [2.75, 3.05) is 0 Å². The van der Waals surface area contributed by atoms with E-state index in [1.54, 1.807) is 0 Å². The first-order valence-electron chi connectivity index (χ1n) is 0.267. The molecule has 0 unspecified atom stereocenters. The quantitative estimate of drug-likeness (QED) is 0.425. The van der Waals surface area contributed by atoms with Crippen LogP contribution in [0.2, 0.25) is 0 Å². The maximum Gasteiger partial charge on any atom is 0 e. The van der Waals surface area contributed by atoms with Gasteiger partial charge in [-0.3, -0.25) is 4.93 Å². The summed E-state index contributed by atoms with van der Waals surface area (Å²) in [6.07, 6.45) is 0. The van der Waals surface area contributed by atoms with Crippen LogP contribution in [0.5, 0.6) is 0 Å². The Balaban J connectivity index is -0.00000000167. The average Bonchev–Trinajstić information content (AvgIpc) is 1.00. The molecule has 0 nitrogen and oxygen atoms in total. The molecule has 0 aliphatic rings. The van der Waals surface area contributed by atoms with E-state index in [0.29, 0.717) is 0 Å². The Morgan fingerprint density at radius 1 is 1.50 bits per heavy atom. The van der Waals surface area contributed by atoms with Gasteiger partial charge in [0.05, 0.1) is 0 Å². The molecule has 4 heavy (non-hydrogen) atoms. The van der Waals surface area contributed by atoms with Crippen molar-refractivity contribution in [2.45, 2.75) is 7.43 Å². The molecule has 0 N–H and O–H groups in total. The van der Waals surface area contributed by atoms with E-state index in [9.17, 15) is 0 Å². The van der Waals surface area contributed by atoms with Crippen LogP contribution in [0.4, 0.5) is 0 Å². The van der Waals surface area contributed by atoms with Gasteiger partial charge in [-0.05, 0) is 0 Å². The largest absolute Gasteiger partial charge is 0.319 e. The van der Waals surface area contributed by atoms with Gasteiger partial charge >= 0.3 is 0 Å². The number of hydrogen-bond acceptors (Lipinski definition) is 0. The molecule has 0 fully saturated rings. The third-order valence-electron chi connectivity index (χ3n) is 0. The SMILES string of the molecule is C.[2HH].[CH2-]I.[V]. The molecule has 0 saturated carbocycles. The van der Waals surface area contributed by atoms with Crippen LogP contribution in [-0.2, 0) is 18.6 Å². The molecule has 0 aromatic heterocycles. The molecule has 0 amide bonds. The van der Waals surface area contributed by atoms with Crippen LogP contribution < -0.4 is 0 Å². The van der Waals surface area contributed by atoms with Crippen LogP contribution in [0.25, 0.3) is 0 Å². The molecule has 2 heteroatoms. The summed E-state index contributed by atoms with van der Waals surface area (Å²) in [5, 5.41) is 0. The van der Waals surface area contributed by atoms with Gasteiger partial charge in [0.2, 0.25) is 0 Å². The standard InChI is InChI=1S/CH2I.CH4.V.H2/c1-2;;;/h1H2;1H4;;1H/q-1;;;/i;;;1+1. The Hall–Kier alpha value is 1.31. The van der Waals surface area contributed by atoms with Crippen molar-refractivity contribution in [3.05, 3.63) is 4.93 Å². The summed E-state index contributed by atoms with van der Waals surface area (Å²) < 4.78 is 0. The molecule has 0 spiro atoms. The van der Waals surface area contributed by atoms with E-state index in [-0.39, 0.29) is 27.4 Å². The minimum absolute atomic E-state index is 0. The summed E-state index contributed by atoms with van der Waals surface area (Å²) in [6.45, 7) is 0. The Labute approximate surface area is 54.9 Å². The second kappa shape index (κ2) is 27.4. The van der Waals surface area contributed by atoms with Crippen molar-refractivity contribution in [3.8, 4) is 0 Å². The first-order chi connectivity index (χ1) is 1.00. The van der Waals surface area contributed by atoms with Crippen LogP contribution in [0.1, 0.15) is 8.85 Å². The predicted octanol–water partition coefficient (Wildman–Crippen LogP) is 2.09. The van der Waals surface area contributed by atoms with Gasteiger partial charge in [-0.1, -0.05) is 7.43 Å². The smallest absolute Gasteiger partial charge is 0 e. The molecule has 0 bridgehead atoms. The van der Waals surface area contributed by atoms with Crippen molar-refractivity contribution in [2.24, 2.45) is 0 Å². The normalized spacial score (nSPS) is 1.50. The van der Waals surface area contributed by atoms with Gasteiger partial charge in [-0.25, -0.2) is 0 Å². The summed E-state index contributed by atoms with van der Waals surface area (Å²) >= 11 is 1.90. The fraction of sp³-hybridized carbons (Fsp3) is 0.500. The minimum Gasteiger partial charge on any atom is -0.319 e. The molecule has 0 aromatic carbocycles. The first kappa shape index (κ1) is 18.5. The zero-order valence-electron chi connectivity index (χ0n) is 1.53. The molecule has 0 aliphatic heterocycles. The van der Waals surface area contributed by atoms with E-state index < -0.39 is 0 Å². The summed E-state index contributed by atoms with van der Waals surface area (Å²) in [5.74, 6) is 0. The van der Waals surface area contributed by atoms with Crippen molar-refractivity contribution in [3.63, 3.8) is 0 Å². The van der Waals surface area contributed by atoms with Crippen molar-refractivity contribution < 1.29 is 20.0 Å². The summed E-state index contributed by atoms with van der Waals surface area (Å²) in [4.78, 5) is 3.22. The van der Waals surface area contributed by atoms with Gasteiger partial charge < -0.3 is 22.6 Å². The number of halogens is 1. The van der Waals surface area contributed by atoms with Gasteiger partial charge in [-0.15, -0.1) is 0 Å². The fourth-order valence-corrected chi connectivity index (χ4v) is 0. The van der Waals surface area contributed by atoms with Crippen molar-refractivity contribution >= 4 is 22.6 Å². The second-order valence-corrected chi connectivity index (χ2v) is 0. The fourth-order valence-electron chi connectivity index (χ4n) is 0. The molecule has 0 heterocycles. The molecular weight excluding hydrogens is 202 g/mol. The summed E-state index contributed by atoms with van der Waals surface area (Å²) in [5.41, 5.74) is 0. The Morgan fingerprint density at radius 3 is 1.50 bits per heavy atom. The maximum atomic E-state index is 3.22. The van der Waals surface area contributed by atoms with E-state index in [4.69, 9.17) is 0 Å². The Kier molecular flexibility index (Phi) is 127. The summed E-state index contributed by atoms with van der Waals surface area (Å²) in [7, 11) is 0. The average molecular weight is 211 g/mol. The molecule has 1 radical (unpaired) electrons. The van der Waals surface area contributed by atoms with Crippen LogP contribution >= 0.6 is 22.6 Å². The van der Waals surface area contributed by atoms with Gasteiger partial charge in [0.1, 0.15) is 0 Å². The molecule has 0 atom stereocenters. The summed E-state index contributed by atoms with van der Waals surface area (Å²) in [6, 6.07) is 0. The van der Waals surface area contributed by atoms with Crippen LogP contribution in [0.15, 0.2) is 0 Å². The molecular formula is C2H8IV-. The third-order valence-corrected chi connectivity index (χ3v) is 0. The molecule has 0 aromatic rings. The first-order valence-corrected chi connectivity index (χ1v) is 1.79. The van der Waals surface area contributed by atoms with E-state index in [0.717, 1.165) is 0 Å². The van der Waals surface area contributed by atoms with Crippen molar-refractivity contribution in [1.82, 2.24) is 0 Å². The zero-order valence-corrected chi connectivity index (χ0v) is 5.09. The number of hydrogen-bond donors (Lipinski definition) is 0. The molecule has 0 aliphatic carbocycles. The predicted molar refractivity (Wildman–Crippen MR) is 28.2 cm³/mol. The third kappa shape index (κ3) is 10.3. The zero-order chi connectivity index (χ0) is 2.00. The Morgan fingerprint density at radius 2 is 1.50 bits per heavy atom. The van der Waals surface area contributed by atoms with Crippen molar-refractivity contribution in [1.29, 1.82) is 0 Å². The van der Waals surface area contributed by atoms with Crippen LogP contribution in [0, 0.1) is 4.93 Å². The monoisotopic (exact) mass is 211 g/mol. The Bertz CT molecular complexity index is 9.61. The van der Waals surface area contributed by atoms with E-state index in [1.165, 1.54) is 0 Å². The second-order valence-electron chi connectivity index (χ2n) is 0. The molecule has 29 valence electrons. The topological polar surface area (TPSA) is 0 Å².